The Bertz CT molecular complexity index is 493. The molecule has 2 heterocycles. The summed E-state index contributed by atoms with van der Waals surface area (Å²) in [6.07, 6.45) is 4.50. The zero-order valence-electron chi connectivity index (χ0n) is 12.5. The van der Waals surface area contributed by atoms with E-state index >= 15 is 0 Å². The minimum absolute atomic E-state index is 0.292. The van der Waals surface area contributed by atoms with Gasteiger partial charge in [0.25, 0.3) is 0 Å². The first-order chi connectivity index (χ1) is 8.80. The smallest absolute Gasteiger partial charge is 0.399 e. The first kappa shape index (κ1) is 13.1. The van der Waals surface area contributed by atoms with Crippen LogP contribution in [0.4, 0.5) is 0 Å². The molecule has 1 aromatic heterocycles. The third-order valence-corrected chi connectivity index (χ3v) is 4.68. The molecule has 0 unspecified atom stereocenters. The van der Waals surface area contributed by atoms with Gasteiger partial charge in [0, 0.05) is 23.3 Å². The van der Waals surface area contributed by atoms with Crippen LogP contribution in [0.2, 0.25) is 0 Å². The molecule has 0 bridgehead atoms. The van der Waals surface area contributed by atoms with Crippen molar-refractivity contribution in [1.29, 1.82) is 0 Å². The van der Waals surface area contributed by atoms with Crippen LogP contribution in [-0.4, -0.2) is 23.3 Å². The van der Waals surface area contributed by atoms with E-state index in [-0.39, 0.29) is 18.3 Å². The standard InChI is InChI=1S/C15H22BNO2/c1-10-8-13(11-6-7-11)17-9-12(10)16-18-14(2,3)15(4,5)19-16/h8-9,11H,6-7H2,1-5H3. The van der Waals surface area contributed by atoms with Crippen molar-refractivity contribution in [3.05, 3.63) is 23.5 Å². The molecule has 4 heteroatoms. The van der Waals surface area contributed by atoms with E-state index in [0.29, 0.717) is 5.92 Å². The first-order valence-electron chi connectivity index (χ1n) is 7.12. The Labute approximate surface area is 115 Å². The van der Waals surface area contributed by atoms with Gasteiger partial charge in [-0.15, -0.1) is 0 Å². The van der Waals surface area contributed by atoms with E-state index in [1.54, 1.807) is 0 Å². The van der Waals surface area contributed by atoms with E-state index < -0.39 is 0 Å². The maximum atomic E-state index is 6.08. The highest BCUT2D eigenvalue weighted by molar-refractivity contribution is 6.62. The summed E-state index contributed by atoms with van der Waals surface area (Å²) < 4.78 is 12.2. The van der Waals surface area contributed by atoms with Gasteiger partial charge in [-0.3, -0.25) is 4.98 Å². The van der Waals surface area contributed by atoms with Crippen molar-refractivity contribution in [2.75, 3.05) is 0 Å². The van der Waals surface area contributed by atoms with Crippen LogP contribution in [0, 0.1) is 6.92 Å². The number of rotatable bonds is 2. The zero-order valence-corrected chi connectivity index (χ0v) is 12.5. The van der Waals surface area contributed by atoms with Crippen molar-refractivity contribution < 1.29 is 9.31 Å². The van der Waals surface area contributed by atoms with E-state index in [1.807, 2.05) is 6.20 Å². The Balaban J connectivity index is 1.87. The zero-order chi connectivity index (χ0) is 13.8. The molecule has 0 radical (unpaired) electrons. The average molecular weight is 259 g/mol. The lowest BCUT2D eigenvalue weighted by atomic mass is 9.77. The Hall–Kier alpha value is -0.865. The SMILES string of the molecule is Cc1cc(C2CC2)ncc1B1OC(C)(C)C(C)(C)O1. The van der Waals surface area contributed by atoms with Crippen molar-refractivity contribution in [2.45, 2.75) is 64.6 Å². The Kier molecular flexibility index (Phi) is 2.81. The lowest BCUT2D eigenvalue weighted by molar-refractivity contribution is 0.00578. The van der Waals surface area contributed by atoms with Crippen LogP contribution in [0.15, 0.2) is 12.3 Å². The molecule has 0 amide bonds. The van der Waals surface area contributed by atoms with Crippen molar-refractivity contribution in [1.82, 2.24) is 4.98 Å². The summed E-state index contributed by atoms with van der Waals surface area (Å²) in [7, 11) is -0.300. The molecule has 1 aliphatic heterocycles. The van der Waals surface area contributed by atoms with Crippen LogP contribution in [0.3, 0.4) is 0 Å². The second-order valence-electron chi connectivity index (χ2n) is 6.83. The largest absolute Gasteiger partial charge is 0.496 e. The Morgan fingerprint density at radius 1 is 1.16 bits per heavy atom. The number of aromatic nitrogens is 1. The molecule has 0 aromatic carbocycles. The quantitative estimate of drug-likeness (QED) is 0.765. The lowest BCUT2D eigenvalue weighted by Crippen LogP contribution is -2.41. The molecule has 1 saturated carbocycles. The van der Waals surface area contributed by atoms with Gasteiger partial charge in [-0.05, 0) is 59.1 Å². The maximum Gasteiger partial charge on any atom is 0.496 e. The molecule has 3 nitrogen and oxygen atoms in total. The molecule has 1 aromatic rings. The van der Waals surface area contributed by atoms with Gasteiger partial charge in [0.05, 0.1) is 11.2 Å². The van der Waals surface area contributed by atoms with Crippen LogP contribution in [-0.2, 0) is 9.31 Å². The molecule has 102 valence electrons. The van der Waals surface area contributed by atoms with Gasteiger partial charge < -0.3 is 9.31 Å². The minimum atomic E-state index is -0.300. The van der Waals surface area contributed by atoms with Crippen LogP contribution >= 0.6 is 0 Å². The van der Waals surface area contributed by atoms with Crippen LogP contribution < -0.4 is 5.46 Å². The van der Waals surface area contributed by atoms with Crippen molar-refractivity contribution in [3.63, 3.8) is 0 Å². The Morgan fingerprint density at radius 3 is 2.21 bits per heavy atom. The molecule has 1 aliphatic carbocycles. The predicted molar refractivity (Wildman–Crippen MR) is 76.7 cm³/mol. The van der Waals surface area contributed by atoms with Crippen molar-refractivity contribution in [2.24, 2.45) is 0 Å². The van der Waals surface area contributed by atoms with E-state index in [1.165, 1.54) is 24.1 Å². The Morgan fingerprint density at radius 2 is 1.74 bits per heavy atom. The molecular formula is C15H22BNO2. The van der Waals surface area contributed by atoms with E-state index in [0.717, 1.165) is 5.46 Å². The summed E-state index contributed by atoms with van der Waals surface area (Å²) in [6.45, 7) is 10.4. The monoisotopic (exact) mass is 259 g/mol. The van der Waals surface area contributed by atoms with Crippen LogP contribution in [0.1, 0.15) is 57.7 Å². The number of hydrogen-bond acceptors (Lipinski definition) is 3. The topological polar surface area (TPSA) is 31.4 Å². The van der Waals surface area contributed by atoms with Crippen LogP contribution in [0.5, 0.6) is 0 Å². The summed E-state index contributed by atoms with van der Waals surface area (Å²) in [4.78, 5) is 4.58. The predicted octanol–water partition coefficient (Wildman–Crippen LogP) is 2.57. The second kappa shape index (κ2) is 4.06. The fraction of sp³-hybridized carbons (Fsp3) is 0.667. The molecule has 0 spiro atoms. The molecule has 1 saturated heterocycles. The molecular weight excluding hydrogens is 237 g/mol. The fourth-order valence-electron chi connectivity index (χ4n) is 2.41. The molecule has 0 N–H and O–H groups in total. The maximum absolute atomic E-state index is 6.08. The normalized spacial score (nSPS) is 24.8. The minimum Gasteiger partial charge on any atom is -0.399 e. The van der Waals surface area contributed by atoms with Gasteiger partial charge in [-0.1, -0.05) is 0 Å². The molecule has 19 heavy (non-hydrogen) atoms. The van der Waals surface area contributed by atoms with E-state index in [4.69, 9.17) is 9.31 Å². The lowest BCUT2D eigenvalue weighted by Gasteiger charge is -2.32. The highest BCUT2D eigenvalue weighted by Crippen LogP contribution is 2.39. The third kappa shape index (κ3) is 2.21. The van der Waals surface area contributed by atoms with Crippen LogP contribution in [0.25, 0.3) is 0 Å². The highest BCUT2D eigenvalue weighted by atomic mass is 16.7. The molecule has 2 aliphatic rings. The van der Waals surface area contributed by atoms with Crippen molar-refractivity contribution >= 4 is 12.6 Å². The van der Waals surface area contributed by atoms with Gasteiger partial charge in [0.15, 0.2) is 0 Å². The summed E-state index contributed by atoms with van der Waals surface area (Å²) in [6, 6.07) is 2.19. The van der Waals surface area contributed by atoms with E-state index in [9.17, 15) is 0 Å². The molecule has 2 fully saturated rings. The average Bonchev–Trinajstić information content (AvgIpc) is 3.07. The number of hydrogen-bond donors (Lipinski definition) is 0. The van der Waals surface area contributed by atoms with Gasteiger partial charge in [-0.2, -0.15) is 0 Å². The number of pyridine rings is 1. The van der Waals surface area contributed by atoms with E-state index in [2.05, 4.69) is 45.7 Å². The van der Waals surface area contributed by atoms with Gasteiger partial charge in [0.1, 0.15) is 0 Å². The number of nitrogens with zero attached hydrogens (tertiary/aromatic N) is 1. The van der Waals surface area contributed by atoms with Gasteiger partial charge in [0.2, 0.25) is 0 Å². The highest BCUT2D eigenvalue weighted by Gasteiger charge is 2.52. The third-order valence-electron chi connectivity index (χ3n) is 4.68. The molecule has 0 atom stereocenters. The molecule has 3 rings (SSSR count). The first-order valence-corrected chi connectivity index (χ1v) is 7.12. The van der Waals surface area contributed by atoms with Gasteiger partial charge >= 0.3 is 7.12 Å². The summed E-state index contributed by atoms with van der Waals surface area (Å²) >= 11 is 0. The number of aryl methyl sites for hydroxylation is 1. The summed E-state index contributed by atoms with van der Waals surface area (Å²) in [5, 5.41) is 0. The van der Waals surface area contributed by atoms with Gasteiger partial charge in [-0.25, -0.2) is 0 Å². The fourth-order valence-corrected chi connectivity index (χ4v) is 2.41. The summed E-state index contributed by atoms with van der Waals surface area (Å²) in [5.41, 5.74) is 2.91. The van der Waals surface area contributed by atoms with Crippen molar-refractivity contribution in [3.8, 4) is 0 Å². The summed E-state index contributed by atoms with van der Waals surface area (Å²) in [5.74, 6) is 0.686. The second-order valence-corrected chi connectivity index (χ2v) is 6.83.